The minimum atomic E-state index is -4.84. The molecule has 1 aliphatic heterocycles. The SMILES string of the molecule is CC(O)(c1ccc(N2CCN(S(=O)(=O)c3cccs3)C[C@@H]2CNc2ccc(F)cc2)cc1)C(F)(F)F. The van der Waals surface area contributed by atoms with Crippen LogP contribution in [-0.4, -0.2) is 56.2 Å². The molecule has 1 fully saturated rings. The fourth-order valence-electron chi connectivity index (χ4n) is 4.04. The fourth-order valence-corrected chi connectivity index (χ4v) is 6.65. The lowest BCUT2D eigenvalue weighted by Gasteiger charge is -2.42. The summed E-state index contributed by atoms with van der Waals surface area (Å²) in [6.07, 6.45) is -4.84. The molecule has 194 valence electrons. The highest BCUT2D eigenvalue weighted by molar-refractivity contribution is 7.91. The maximum Gasteiger partial charge on any atom is 0.421 e. The largest absolute Gasteiger partial charge is 0.421 e. The topological polar surface area (TPSA) is 72.9 Å². The molecule has 12 heteroatoms. The quantitative estimate of drug-likeness (QED) is 0.425. The third kappa shape index (κ3) is 5.36. The first-order valence-electron chi connectivity index (χ1n) is 11.1. The summed E-state index contributed by atoms with van der Waals surface area (Å²) in [5.74, 6) is -0.386. The van der Waals surface area contributed by atoms with Gasteiger partial charge in [-0.15, -0.1) is 11.3 Å². The van der Waals surface area contributed by atoms with Crippen molar-refractivity contribution in [3.05, 3.63) is 77.4 Å². The van der Waals surface area contributed by atoms with E-state index in [0.29, 0.717) is 31.4 Å². The van der Waals surface area contributed by atoms with Crippen molar-refractivity contribution >= 4 is 32.7 Å². The molecule has 2 atom stereocenters. The molecule has 0 radical (unpaired) electrons. The van der Waals surface area contributed by atoms with Crippen LogP contribution < -0.4 is 10.2 Å². The summed E-state index contributed by atoms with van der Waals surface area (Å²) in [6.45, 7) is 1.62. The van der Waals surface area contributed by atoms with Gasteiger partial charge in [-0.05, 0) is 60.3 Å². The molecule has 0 amide bonds. The Morgan fingerprint density at radius 3 is 2.31 bits per heavy atom. The van der Waals surface area contributed by atoms with Crippen LogP contribution in [0.5, 0.6) is 0 Å². The van der Waals surface area contributed by atoms with E-state index in [0.717, 1.165) is 11.3 Å². The number of rotatable bonds is 7. The van der Waals surface area contributed by atoms with Crippen LogP contribution >= 0.6 is 11.3 Å². The van der Waals surface area contributed by atoms with Gasteiger partial charge in [0.05, 0.1) is 6.04 Å². The zero-order valence-electron chi connectivity index (χ0n) is 19.2. The van der Waals surface area contributed by atoms with E-state index >= 15 is 0 Å². The summed E-state index contributed by atoms with van der Waals surface area (Å²) in [5, 5.41) is 14.8. The number of hydrogen-bond acceptors (Lipinski definition) is 6. The van der Waals surface area contributed by atoms with Gasteiger partial charge in [0.15, 0.2) is 5.60 Å². The van der Waals surface area contributed by atoms with Crippen molar-refractivity contribution in [1.82, 2.24) is 4.31 Å². The van der Waals surface area contributed by atoms with Gasteiger partial charge in [0.2, 0.25) is 0 Å². The van der Waals surface area contributed by atoms with Gasteiger partial charge in [0.1, 0.15) is 10.0 Å². The van der Waals surface area contributed by atoms with E-state index in [4.69, 9.17) is 0 Å². The van der Waals surface area contributed by atoms with Crippen molar-refractivity contribution in [2.75, 3.05) is 36.4 Å². The van der Waals surface area contributed by atoms with Crippen LogP contribution in [0.2, 0.25) is 0 Å². The van der Waals surface area contributed by atoms with Crippen LogP contribution in [0.25, 0.3) is 0 Å². The Hall–Kier alpha value is -2.67. The summed E-state index contributed by atoms with van der Waals surface area (Å²) < 4.78 is 80.9. The van der Waals surface area contributed by atoms with E-state index in [1.165, 1.54) is 40.7 Å². The monoisotopic (exact) mass is 543 g/mol. The zero-order valence-corrected chi connectivity index (χ0v) is 20.9. The lowest BCUT2D eigenvalue weighted by Crippen LogP contribution is -2.57. The average Bonchev–Trinajstić information content (AvgIpc) is 3.39. The minimum Gasteiger partial charge on any atom is -0.383 e. The lowest BCUT2D eigenvalue weighted by atomic mass is 9.95. The van der Waals surface area contributed by atoms with Gasteiger partial charge in [-0.1, -0.05) is 18.2 Å². The molecular weight excluding hydrogens is 518 g/mol. The van der Waals surface area contributed by atoms with Crippen molar-refractivity contribution in [3.8, 4) is 0 Å². The average molecular weight is 544 g/mol. The van der Waals surface area contributed by atoms with E-state index in [1.807, 2.05) is 4.90 Å². The van der Waals surface area contributed by atoms with Crippen LogP contribution in [0.1, 0.15) is 12.5 Å². The number of sulfonamides is 1. The van der Waals surface area contributed by atoms with Crippen LogP contribution in [-0.2, 0) is 15.6 Å². The summed E-state index contributed by atoms with van der Waals surface area (Å²) in [4.78, 5) is 1.92. The molecule has 0 bridgehead atoms. The molecule has 6 nitrogen and oxygen atoms in total. The molecule has 0 spiro atoms. The van der Waals surface area contributed by atoms with Gasteiger partial charge >= 0.3 is 6.18 Å². The third-order valence-electron chi connectivity index (χ3n) is 6.23. The minimum absolute atomic E-state index is 0.135. The first kappa shape index (κ1) is 26.4. The Bertz CT molecular complexity index is 1260. The number of nitrogens with one attached hydrogen (secondary N) is 1. The highest BCUT2D eigenvalue weighted by Crippen LogP contribution is 2.39. The lowest BCUT2D eigenvalue weighted by molar-refractivity contribution is -0.258. The van der Waals surface area contributed by atoms with E-state index in [9.17, 15) is 31.1 Å². The van der Waals surface area contributed by atoms with Gasteiger partial charge in [-0.25, -0.2) is 12.8 Å². The van der Waals surface area contributed by atoms with Gasteiger partial charge in [0.25, 0.3) is 10.0 Å². The molecule has 2 N–H and O–H groups in total. The number of hydrogen-bond donors (Lipinski definition) is 2. The van der Waals surface area contributed by atoms with E-state index in [1.54, 1.807) is 29.6 Å². The molecule has 3 aromatic rings. The second-order valence-electron chi connectivity index (χ2n) is 8.65. The first-order valence-corrected chi connectivity index (χ1v) is 13.4. The van der Waals surface area contributed by atoms with E-state index < -0.39 is 21.8 Å². The normalized spacial score (nSPS) is 19.2. The summed E-state index contributed by atoms with van der Waals surface area (Å²) in [7, 11) is -3.70. The second kappa shape index (κ2) is 10.0. The Kier molecular flexibility index (Phi) is 7.33. The maximum atomic E-state index is 13.3. The molecule has 0 aliphatic carbocycles. The van der Waals surface area contributed by atoms with Crippen LogP contribution in [0.3, 0.4) is 0 Å². The van der Waals surface area contributed by atoms with Gasteiger partial charge in [-0.2, -0.15) is 17.5 Å². The van der Waals surface area contributed by atoms with Gasteiger partial charge in [0, 0.05) is 37.6 Å². The molecule has 1 aliphatic rings. The number of alkyl halides is 3. The summed E-state index contributed by atoms with van der Waals surface area (Å²) in [5.41, 5.74) is -2.05. The van der Waals surface area contributed by atoms with Crippen molar-refractivity contribution in [3.63, 3.8) is 0 Å². The Labute approximate surface area is 210 Å². The highest BCUT2D eigenvalue weighted by atomic mass is 32.2. The molecule has 1 unspecified atom stereocenters. The van der Waals surface area contributed by atoms with Crippen molar-refractivity contribution in [1.29, 1.82) is 0 Å². The molecule has 0 saturated carbocycles. The standard InChI is InChI=1S/C24H25F4N3O3S2/c1-23(32,24(26,27)28)17-4-10-20(11-5-17)31-13-12-30(36(33,34)22-3-2-14-35-22)16-21(31)15-29-19-8-6-18(25)7-9-19/h2-11,14,21,29,32H,12-13,15-16H2,1H3/t21-,23?/m0/s1. The molecule has 2 aromatic carbocycles. The van der Waals surface area contributed by atoms with Crippen LogP contribution in [0.4, 0.5) is 28.9 Å². The molecule has 4 rings (SSSR count). The predicted molar refractivity (Wildman–Crippen MR) is 131 cm³/mol. The number of anilines is 2. The number of thiophene rings is 1. The number of benzene rings is 2. The van der Waals surface area contributed by atoms with Crippen molar-refractivity contribution in [2.24, 2.45) is 0 Å². The smallest absolute Gasteiger partial charge is 0.383 e. The molecule has 36 heavy (non-hydrogen) atoms. The van der Waals surface area contributed by atoms with Crippen LogP contribution in [0, 0.1) is 5.82 Å². The maximum absolute atomic E-state index is 13.3. The summed E-state index contributed by atoms with van der Waals surface area (Å²) in [6, 6.07) is 14.0. The van der Waals surface area contributed by atoms with Crippen molar-refractivity contribution < 1.29 is 31.1 Å². The molecule has 2 heterocycles. The Balaban J connectivity index is 1.59. The number of aliphatic hydroxyl groups is 1. The second-order valence-corrected chi connectivity index (χ2v) is 11.8. The predicted octanol–water partition coefficient (Wildman–Crippen LogP) is 4.65. The number of nitrogens with zero attached hydrogens (tertiary/aromatic N) is 2. The zero-order chi connectivity index (χ0) is 26.1. The van der Waals surface area contributed by atoms with Gasteiger partial charge in [-0.3, -0.25) is 0 Å². The Morgan fingerprint density at radius 2 is 1.72 bits per heavy atom. The van der Waals surface area contributed by atoms with Crippen LogP contribution in [0.15, 0.2) is 70.3 Å². The number of piperazine rings is 1. The number of halogens is 4. The fraction of sp³-hybridized carbons (Fsp3) is 0.333. The molecule has 1 saturated heterocycles. The first-order chi connectivity index (χ1) is 16.9. The molecular formula is C24H25F4N3O3S2. The van der Waals surface area contributed by atoms with Gasteiger partial charge < -0.3 is 15.3 Å². The Morgan fingerprint density at radius 1 is 1.06 bits per heavy atom. The third-order valence-corrected chi connectivity index (χ3v) is 9.47. The molecule has 1 aromatic heterocycles. The van der Waals surface area contributed by atoms with E-state index in [2.05, 4.69) is 5.32 Å². The summed E-state index contributed by atoms with van der Waals surface area (Å²) >= 11 is 1.13. The van der Waals surface area contributed by atoms with Crippen molar-refractivity contribution in [2.45, 2.75) is 29.0 Å². The highest BCUT2D eigenvalue weighted by Gasteiger charge is 2.51. The van der Waals surface area contributed by atoms with E-state index in [-0.39, 0.29) is 34.7 Å².